The summed E-state index contributed by atoms with van der Waals surface area (Å²) in [4.78, 5) is 18.8. The van der Waals surface area contributed by atoms with Gasteiger partial charge < -0.3 is 10.0 Å². The second-order valence-corrected chi connectivity index (χ2v) is 6.61. The van der Waals surface area contributed by atoms with Gasteiger partial charge in [-0.15, -0.1) is 0 Å². The van der Waals surface area contributed by atoms with Gasteiger partial charge in [0.25, 0.3) is 0 Å². The molecule has 0 aliphatic rings. The van der Waals surface area contributed by atoms with Gasteiger partial charge in [0, 0.05) is 12.6 Å². The maximum absolute atomic E-state index is 11.5. The van der Waals surface area contributed by atoms with Gasteiger partial charge in [0.15, 0.2) is 5.13 Å². The van der Waals surface area contributed by atoms with Gasteiger partial charge in [-0.3, -0.25) is 0 Å². The van der Waals surface area contributed by atoms with Crippen LogP contribution in [0.1, 0.15) is 81.6 Å². The van der Waals surface area contributed by atoms with E-state index < -0.39 is 5.97 Å². The van der Waals surface area contributed by atoms with E-state index in [1.54, 1.807) is 0 Å². The average Bonchev–Trinajstić information content (AvgIpc) is 2.91. The maximum Gasteiger partial charge on any atom is 0.347 e. The van der Waals surface area contributed by atoms with Gasteiger partial charge in [0.1, 0.15) is 4.88 Å². The van der Waals surface area contributed by atoms with E-state index in [9.17, 15) is 9.90 Å². The van der Waals surface area contributed by atoms with Gasteiger partial charge in [-0.2, -0.15) is 0 Å². The molecule has 0 amide bonds. The molecule has 0 bridgehead atoms. The van der Waals surface area contributed by atoms with Gasteiger partial charge in [-0.05, 0) is 32.1 Å². The number of rotatable bonds is 9. The predicted octanol–water partition coefficient (Wildman–Crippen LogP) is 4.76. The fourth-order valence-corrected chi connectivity index (χ4v) is 3.33. The largest absolute Gasteiger partial charge is 0.477 e. The third-order valence-electron chi connectivity index (χ3n) is 4.04. The summed E-state index contributed by atoms with van der Waals surface area (Å²) in [6.45, 7) is 11.6. The van der Waals surface area contributed by atoms with Crippen molar-refractivity contribution in [1.29, 1.82) is 0 Å². The summed E-state index contributed by atoms with van der Waals surface area (Å²) >= 11 is 1.33. The Morgan fingerprint density at radius 1 is 1.29 bits per heavy atom. The third kappa shape index (κ3) is 4.43. The summed E-state index contributed by atoms with van der Waals surface area (Å²) in [6, 6.07) is 0.383. The van der Waals surface area contributed by atoms with Crippen LogP contribution >= 0.6 is 11.3 Å². The molecule has 0 saturated carbocycles. The first-order valence-electron chi connectivity index (χ1n) is 7.96. The first-order chi connectivity index (χ1) is 9.96. The second kappa shape index (κ2) is 8.37. The molecular formula is C16H28N2O2S. The quantitative estimate of drug-likeness (QED) is 0.714. The highest BCUT2D eigenvalue weighted by atomic mass is 32.1. The Kier molecular flexibility index (Phi) is 7.15. The van der Waals surface area contributed by atoms with Crippen LogP contribution in [0.2, 0.25) is 0 Å². The molecule has 1 N–H and O–H groups in total. The van der Waals surface area contributed by atoms with Crippen molar-refractivity contribution in [2.45, 2.75) is 72.3 Å². The van der Waals surface area contributed by atoms with Gasteiger partial charge in [-0.1, -0.05) is 45.5 Å². The number of carbonyl (C=O) groups is 1. The molecule has 1 rings (SSSR count). The Hall–Kier alpha value is -1.10. The molecule has 0 radical (unpaired) electrons. The van der Waals surface area contributed by atoms with Crippen LogP contribution in [-0.2, 0) is 0 Å². The number of unbranched alkanes of at least 4 members (excludes halogenated alkanes) is 1. The topological polar surface area (TPSA) is 53.4 Å². The van der Waals surface area contributed by atoms with Crippen LogP contribution in [0, 0.1) is 0 Å². The van der Waals surface area contributed by atoms with Crippen LogP contribution in [-0.4, -0.2) is 28.6 Å². The van der Waals surface area contributed by atoms with E-state index >= 15 is 0 Å². The SMILES string of the molecule is CCCCN(c1nc(C(C)CC)c(C(=O)O)s1)C(C)CC. The van der Waals surface area contributed by atoms with E-state index in [2.05, 4.69) is 37.6 Å². The number of aromatic nitrogens is 1. The van der Waals surface area contributed by atoms with Crippen molar-refractivity contribution < 1.29 is 9.90 Å². The van der Waals surface area contributed by atoms with Gasteiger partial charge in [0.2, 0.25) is 0 Å². The molecule has 0 fully saturated rings. The third-order valence-corrected chi connectivity index (χ3v) is 5.13. The maximum atomic E-state index is 11.5. The van der Waals surface area contributed by atoms with E-state index in [4.69, 9.17) is 0 Å². The summed E-state index contributed by atoms with van der Waals surface area (Å²) in [5.41, 5.74) is 0.745. The number of carboxylic acid groups (broad SMARTS) is 1. The Morgan fingerprint density at radius 2 is 1.95 bits per heavy atom. The van der Waals surface area contributed by atoms with E-state index in [0.717, 1.165) is 43.1 Å². The first-order valence-corrected chi connectivity index (χ1v) is 8.78. The van der Waals surface area contributed by atoms with E-state index in [0.29, 0.717) is 10.9 Å². The van der Waals surface area contributed by atoms with Crippen molar-refractivity contribution in [2.75, 3.05) is 11.4 Å². The number of anilines is 1. The molecule has 0 aliphatic heterocycles. The lowest BCUT2D eigenvalue weighted by Gasteiger charge is -2.28. The summed E-state index contributed by atoms with van der Waals surface area (Å²) in [5.74, 6) is -0.667. The van der Waals surface area contributed by atoms with Crippen molar-refractivity contribution in [3.63, 3.8) is 0 Å². The molecule has 0 spiro atoms. The number of thiazole rings is 1. The van der Waals surface area contributed by atoms with Gasteiger partial charge in [-0.25, -0.2) is 9.78 Å². The van der Waals surface area contributed by atoms with Crippen LogP contribution in [0.15, 0.2) is 0 Å². The molecular weight excluding hydrogens is 284 g/mol. The Balaban J connectivity index is 3.16. The normalized spacial score (nSPS) is 14.0. The lowest BCUT2D eigenvalue weighted by atomic mass is 10.0. The molecule has 4 nitrogen and oxygen atoms in total. The number of hydrogen-bond acceptors (Lipinski definition) is 4. The smallest absolute Gasteiger partial charge is 0.347 e. The Labute approximate surface area is 132 Å². The van der Waals surface area contributed by atoms with E-state index in [1.807, 2.05) is 6.92 Å². The summed E-state index contributed by atoms with van der Waals surface area (Å²) in [5, 5.41) is 10.3. The van der Waals surface area contributed by atoms with Crippen LogP contribution in [0.4, 0.5) is 5.13 Å². The van der Waals surface area contributed by atoms with Crippen molar-refractivity contribution in [2.24, 2.45) is 0 Å². The average molecular weight is 312 g/mol. The van der Waals surface area contributed by atoms with Crippen LogP contribution in [0.5, 0.6) is 0 Å². The minimum Gasteiger partial charge on any atom is -0.477 e. The number of aromatic carboxylic acids is 1. The fourth-order valence-electron chi connectivity index (χ4n) is 2.18. The predicted molar refractivity (Wildman–Crippen MR) is 89.8 cm³/mol. The minimum absolute atomic E-state index is 0.186. The molecule has 1 aromatic heterocycles. The lowest BCUT2D eigenvalue weighted by Crippen LogP contribution is -2.33. The molecule has 5 heteroatoms. The number of carboxylic acids is 1. The molecule has 21 heavy (non-hydrogen) atoms. The molecule has 2 atom stereocenters. The number of hydrogen-bond donors (Lipinski definition) is 1. The molecule has 1 heterocycles. The zero-order chi connectivity index (χ0) is 16.0. The van der Waals surface area contributed by atoms with Crippen LogP contribution in [0.3, 0.4) is 0 Å². The van der Waals surface area contributed by atoms with Crippen LogP contribution in [0.25, 0.3) is 0 Å². The van der Waals surface area contributed by atoms with Gasteiger partial charge in [0.05, 0.1) is 5.69 Å². The van der Waals surface area contributed by atoms with E-state index in [1.165, 1.54) is 11.3 Å². The monoisotopic (exact) mass is 312 g/mol. The van der Waals surface area contributed by atoms with Gasteiger partial charge >= 0.3 is 5.97 Å². The summed E-state index contributed by atoms with van der Waals surface area (Å²) in [6.07, 6.45) is 4.17. The zero-order valence-corrected chi connectivity index (χ0v) is 14.7. The molecule has 0 aromatic carbocycles. The summed E-state index contributed by atoms with van der Waals surface area (Å²) < 4.78 is 0. The Bertz CT molecular complexity index is 459. The molecule has 1 aromatic rings. The molecule has 120 valence electrons. The second-order valence-electron chi connectivity index (χ2n) is 5.63. The highest BCUT2D eigenvalue weighted by Gasteiger charge is 2.25. The summed E-state index contributed by atoms with van der Waals surface area (Å²) in [7, 11) is 0. The van der Waals surface area contributed by atoms with E-state index in [-0.39, 0.29) is 5.92 Å². The van der Waals surface area contributed by atoms with Crippen molar-refractivity contribution in [1.82, 2.24) is 4.98 Å². The Morgan fingerprint density at radius 3 is 2.43 bits per heavy atom. The lowest BCUT2D eigenvalue weighted by molar-refractivity contribution is 0.0700. The zero-order valence-electron chi connectivity index (χ0n) is 13.8. The van der Waals surface area contributed by atoms with Crippen LogP contribution < -0.4 is 4.90 Å². The van der Waals surface area contributed by atoms with Crippen molar-refractivity contribution >= 4 is 22.4 Å². The molecule has 0 saturated heterocycles. The number of nitrogens with zero attached hydrogens (tertiary/aromatic N) is 2. The van der Waals surface area contributed by atoms with Crippen molar-refractivity contribution in [3.8, 4) is 0 Å². The fraction of sp³-hybridized carbons (Fsp3) is 0.750. The standard InChI is InChI=1S/C16H28N2O2S/c1-6-9-10-18(12(5)8-3)16-17-13(11(4)7-2)14(21-16)15(19)20/h11-12H,6-10H2,1-5H3,(H,19,20). The minimum atomic E-state index is -0.853. The molecule has 0 aliphatic carbocycles. The molecule has 2 unspecified atom stereocenters. The highest BCUT2D eigenvalue weighted by Crippen LogP contribution is 2.33. The highest BCUT2D eigenvalue weighted by molar-refractivity contribution is 7.17. The first kappa shape index (κ1) is 18.0. The van der Waals surface area contributed by atoms with Crippen molar-refractivity contribution in [3.05, 3.63) is 10.6 Å².